The van der Waals surface area contributed by atoms with Crippen molar-refractivity contribution in [3.8, 4) is 0 Å². The Labute approximate surface area is 89.2 Å². The van der Waals surface area contributed by atoms with Crippen LogP contribution in [0.2, 0.25) is 0 Å². The minimum atomic E-state index is -0.462. The third-order valence-corrected chi connectivity index (χ3v) is 3.23. The van der Waals surface area contributed by atoms with E-state index in [0.717, 1.165) is 6.42 Å². The van der Waals surface area contributed by atoms with Crippen molar-refractivity contribution in [1.29, 1.82) is 0 Å². The van der Waals surface area contributed by atoms with Crippen LogP contribution in [0.3, 0.4) is 0 Å². The summed E-state index contributed by atoms with van der Waals surface area (Å²) in [6.07, 6.45) is 0.806. The van der Waals surface area contributed by atoms with E-state index in [0.29, 0.717) is 6.54 Å². The monoisotopic (exact) mass is 205 g/mol. The Bertz CT molecular complexity index is 363. The molecule has 1 aromatic carbocycles. The van der Waals surface area contributed by atoms with Crippen molar-refractivity contribution < 1.29 is 9.53 Å². The fourth-order valence-electron chi connectivity index (χ4n) is 2.17. The molecule has 1 saturated carbocycles. The van der Waals surface area contributed by atoms with E-state index in [-0.39, 0.29) is 11.9 Å². The molecule has 0 radical (unpaired) electrons. The summed E-state index contributed by atoms with van der Waals surface area (Å²) >= 11 is 0. The molecule has 1 aromatic rings. The maximum absolute atomic E-state index is 11.6. The highest BCUT2D eigenvalue weighted by molar-refractivity contribution is 5.82. The lowest BCUT2D eigenvalue weighted by Gasteiger charge is -2.11. The fourth-order valence-corrected chi connectivity index (χ4v) is 2.17. The van der Waals surface area contributed by atoms with Crippen LogP contribution in [-0.2, 0) is 9.53 Å². The van der Waals surface area contributed by atoms with Crippen molar-refractivity contribution in [3.63, 3.8) is 0 Å². The quantitative estimate of drug-likeness (QED) is 0.756. The van der Waals surface area contributed by atoms with Crippen molar-refractivity contribution in [2.45, 2.75) is 12.3 Å². The summed E-state index contributed by atoms with van der Waals surface area (Å²) in [5.41, 5.74) is 6.38. The Balaban J connectivity index is 2.20. The van der Waals surface area contributed by atoms with Gasteiger partial charge in [-0.25, -0.2) is 0 Å². The number of hydrogen-bond donors (Lipinski definition) is 1. The summed E-state index contributed by atoms with van der Waals surface area (Å²) in [7, 11) is 1.42. The molecule has 0 heterocycles. The molecule has 3 nitrogen and oxygen atoms in total. The normalized spacial score (nSPS) is 28.5. The lowest BCUT2D eigenvalue weighted by Crippen LogP contribution is -2.28. The average Bonchev–Trinajstić information content (AvgIpc) is 3.05. The molecular formula is C12H15NO2. The first-order chi connectivity index (χ1) is 7.24. The molecule has 0 aromatic heterocycles. The van der Waals surface area contributed by atoms with E-state index >= 15 is 0 Å². The Morgan fingerprint density at radius 3 is 2.73 bits per heavy atom. The number of ether oxygens (including phenoxy) is 1. The largest absolute Gasteiger partial charge is 0.469 e. The maximum Gasteiger partial charge on any atom is 0.313 e. The number of carbonyl (C=O) groups is 1. The first-order valence-corrected chi connectivity index (χ1v) is 5.08. The molecule has 0 amide bonds. The molecule has 2 N–H and O–H groups in total. The number of methoxy groups -OCH3 is 1. The van der Waals surface area contributed by atoms with Crippen LogP contribution in [-0.4, -0.2) is 19.6 Å². The van der Waals surface area contributed by atoms with Crippen LogP contribution in [0, 0.1) is 5.41 Å². The van der Waals surface area contributed by atoms with E-state index in [4.69, 9.17) is 10.5 Å². The van der Waals surface area contributed by atoms with Gasteiger partial charge >= 0.3 is 5.97 Å². The number of nitrogens with two attached hydrogens (primary N) is 1. The Morgan fingerprint density at radius 1 is 1.53 bits per heavy atom. The number of rotatable bonds is 3. The van der Waals surface area contributed by atoms with Gasteiger partial charge in [0, 0.05) is 12.5 Å². The topological polar surface area (TPSA) is 52.3 Å². The van der Waals surface area contributed by atoms with Crippen molar-refractivity contribution >= 4 is 5.97 Å². The molecule has 3 heteroatoms. The smallest absolute Gasteiger partial charge is 0.313 e. The maximum atomic E-state index is 11.6. The summed E-state index contributed by atoms with van der Waals surface area (Å²) in [5.74, 6) is 0.0509. The zero-order valence-corrected chi connectivity index (χ0v) is 8.77. The lowest BCUT2D eigenvalue weighted by atomic mass is 9.99. The molecule has 2 atom stereocenters. The van der Waals surface area contributed by atoms with E-state index in [1.165, 1.54) is 12.7 Å². The van der Waals surface area contributed by atoms with Crippen LogP contribution in [0.15, 0.2) is 30.3 Å². The molecule has 0 bridgehead atoms. The summed E-state index contributed by atoms with van der Waals surface area (Å²) in [6.45, 7) is 0.360. The van der Waals surface area contributed by atoms with Gasteiger partial charge in [0.15, 0.2) is 0 Å². The number of hydrogen-bond acceptors (Lipinski definition) is 3. The first-order valence-electron chi connectivity index (χ1n) is 5.08. The standard InChI is InChI=1S/C12H15NO2/c1-15-11(14)12(8-13)7-10(12)9-5-3-2-4-6-9/h2-6,10H,7-8,13H2,1H3. The van der Waals surface area contributed by atoms with Gasteiger partial charge in [-0.1, -0.05) is 30.3 Å². The summed E-state index contributed by atoms with van der Waals surface area (Å²) < 4.78 is 4.80. The van der Waals surface area contributed by atoms with Gasteiger partial charge in [0.05, 0.1) is 12.5 Å². The number of benzene rings is 1. The Hall–Kier alpha value is -1.35. The number of carbonyl (C=O) groups excluding carboxylic acids is 1. The van der Waals surface area contributed by atoms with E-state index in [1.54, 1.807) is 0 Å². The van der Waals surface area contributed by atoms with Crippen LogP contribution in [0.25, 0.3) is 0 Å². The van der Waals surface area contributed by atoms with Crippen molar-refractivity contribution in [2.75, 3.05) is 13.7 Å². The average molecular weight is 205 g/mol. The molecule has 2 unspecified atom stereocenters. The number of esters is 1. The second kappa shape index (κ2) is 3.66. The molecule has 0 aliphatic heterocycles. The van der Waals surface area contributed by atoms with E-state index in [2.05, 4.69) is 0 Å². The van der Waals surface area contributed by atoms with Crippen molar-refractivity contribution in [1.82, 2.24) is 0 Å². The van der Waals surface area contributed by atoms with Gasteiger partial charge < -0.3 is 10.5 Å². The van der Waals surface area contributed by atoms with Gasteiger partial charge in [0.1, 0.15) is 0 Å². The van der Waals surface area contributed by atoms with Crippen LogP contribution >= 0.6 is 0 Å². The highest BCUT2D eigenvalue weighted by Crippen LogP contribution is 2.59. The first kappa shape index (κ1) is 10.2. The third kappa shape index (κ3) is 1.53. The van der Waals surface area contributed by atoms with Crippen LogP contribution < -0.4 is 5.73 Å². The van der Waals surface area contributed by atoms with Gasteiger partial charge in [0.25, 0.3) is 0 Å². The van der Waals surface area contributed by atoms with Gasteiger partial charge in [-0.2, -0.15) is 0 Å². The highest BCUT2D eigenvalue weighted by Gasteiger charge is 2.60. The predicted octanol–water partition coefficient (Wildman–Crippen LogP) is 1.29. The van der Waals surface area contributed by atoms with E-state index in [9.17, 15) is 4.79 Å². The minimum Gasteiger partial charge on any atom is -0.469 e. The predicted molar refractivity (Wildman–Crippen MR) is 57.3 cm³/mol. The lowest BCUT2D eigenvalue weighted by molar-refractivity contribution is -0.146. The molecule has 80 valence electrons. The second-order valence-corrected chi connectivity index (χ2v) is 4.02. The van der Waals surface area contributed by atoms with Gasteiger partial charge in [-0.15, -0.1) is 0 Å². The van der Waals surface area contributed by atoms with Crippen molar-refractivity contribution in [3.05, 3.63) is 35.9 Å². The Morgan fingerprint density at radius 2 is 2.20 bits per heavy atom. The van der Waals surface area contributed by atoms with Gasteiger partial charge in [-0.05, 0) is 12.0 Å². The van der Waals surface area contributed by atoms with Gasteiger partial charge in [-0.3, -0.25) is 4.79 Å². The van der Waals surface area contributed by atoms with Crippen LogP contribution in [0.4, 0.5) is 0 Å². The van der Waals surface area contributed by atoms with Gasteiger partial charge in [0.2, 0.25) is 0 Å². The third-order valence-electron chi connectivity index (χ3n) is 3.23. The molecule has 0 saturated heterocycles. The fraction of sp³-hybridized carbons (Fsp3) is 0.417. The zero-order valence-electron chi connectivity index (χ0n) is 8.77. The van der Waals surface area contributed by atoms with Crippen molar-refractivity contribution in [2.24, 2.45) is 11.1 Å². The van der Waals surface area contributed by atoms with E-state index < -0.39 is 5.41 Å². The molecule has 0 spiro atoms. The molecule has 1 aliphatic carbocycles. The minimum absolute atomic E-state index is 0.182. The molecule has 2 rings (SSSR count). The van der Waals surface area contributed by atoms with Crippen LogP contribution in [0.1, 0.15) is 17.9 Å². The molecular weight excluding hydrogens is 190 g/mol. The summed E-state index contributed by atoms with van der Waals surface area (Å²) in [6, 6.07) is 9.99. The zero-order chi connectivity index (χ0) is 10.9. The Kier molecular flexibility index (Phi) is 2.49. The highest BCUT2D eigenvalue weighted by atomic mass is 16.5. The van der Waals surface area contributed by atoms with Crippen LogP contribution in [0.5, 0.6) is 0 Å². The summed E-state index contributed by atoms with van der Waals surface area (Å²) in [4.78, 5) is 11.6. The summed E-state index contributed by atoms with van der Waals surface area (Å²) in [5, 5.41) is 0. The molecule has 1 aliphatic rings. The second-order valence-electron chi connectivity index (χ2n) is 4.02. The van der Waals surface area contributed by atoms with E-state index in [1.807, 2.05) is 30.3 Å². The SMILES string of the molecule is COC(=O)C1(CN)CC1c1ccccc1. The molecule has 15 heavy (non-hydrogen) atoms. The molecule has 1 fully saturated rings.